The Morgan fingerprint density at radius 2 is 2.33 bits per heavy atom. The molecule has 1 aliphatic rings. The zero-order valence-electron chi connectivity index (χ0n) is 9.93. The summed E-state index contributed by atoms with van der Waals surface area (Å²) in [6, 6.07) is 6.53. The number of hydrogen-bond donors (Lipinski definition) is 2. The predicted octanol–water partition coefficient (Wildman–Crippen LogP) is 1.07. The van der Waals surface area contributed by atoms with Crippen LogP contribution in [0.3, 0.4) is 0 Å². The highest BCUT2D eigenvalue weighted by Gasteiger charge is 2.22. The number of amides is 1. The third-order valence-corrected chi connectivity index (χ3v) is 3.52. The van der Waals surface area contributed by atoms with Crippen LogP contribution < -0.4 is 10.6 Å². The van der Waals surface area contributed by atoms with Crippen molar-refractivity contribution in [3.05, 3.63) is 29.8 Å². The number of hydrogen-bond acceptors (Lipinski definition) is 5. The first-order valence-electron chi connectivity index (χ1n) is 5.51. The first kappa shape index (κ1) is 12.9. The maximum atomic E-state index is 11.9. The number of ether oxygens (including phenoxy) is 1. The Labute approximate surface area is 109 Å². The number of benzene rings is 1. The molecule has 5 nitrogen and oxygen atoms in total. The summed E-state index contributed by atoms with van der Waals surface area (Å²) in [6.07, 6.45) is 0. The standard InChI is InChI=1S/C12H14N2O3S/c1-17-12(16)8-3-2-4-9(5-8)14-11(15)10-6-18-7-13-10/h2-5,10,13H,6-7H2,1H3,(H,14,15). The quantitative estimate of drug-likeness (QED) is 0.801. The largest absolute Gasteiger partial charge is 0.465 e. The van der Waals surface area contributed by atoms with Crippen LogP contribution in [0, 0.1) is 0 Å². The Balaban J connectivity index is 2.04. The molecule has 0 spiro atoms. The fraction of sp³-hybridized carbons (Fsp3) is 0.333. The molecule has 18 heavy (non-hydrogen) atoms. The van der Waals surface area contributed by atoms with Gasteiger partial charge in [0.25, 0.3) is 0 Å². The number of methoxy groups -OCH3 is 1. The first-order valence-corrected chi connectivity index (χ1v) is 6.66. The van der Waals surface area contributed by atoms with Crippen molar-refractivity contribution in [1.29, 1.82) is 0 Å². The predicted molar refractivity (Wildman–Crippen MR) is 70.7 cm³/mol. The van der Waals surface area contributed by atoms with Gasteiger partial charge in [0.05, 0.1) is 18.7 Å². The summed E-state index contributed by atoms with van der Waals surface area (Å²) < 4.78 is 4.63. The van der Waals surface area contributed by atoms with Crippen LogP contribution in [-0.2, 0) is 9.53 Å². The Morgan fingerprint density at radius 3 is 3.00 bits per heavy atom. The molecule has 0 aliphatic carbocycles. The number of carbonyl (C=O) groups is 2. The van der Waals surface area contributed by atoms with E-state index in [9.17, 15) is 9.59 Å². The lowest BCUT2D eigenvalue weighted by Gasteiger charge is -2.11. The smallest absolute Gasteiger partial charge is 0.337 e. The van der Waals surface area contributed by atoms with Crippen LogP contribution >= 0.6 is 11.8 Å². The fourth-order valence-electron chi connectivity index (χ4n) is 1.63. The summed E-state index contributed by atoms with van der Waals surface area (Å²) in [4.78, 5) is 23.2. The van der Waals surface area contributed by atoms with E-state index in [1.807, 2.05) is 0 Å². The monoisotopic (exact) mass is 266 g/mol. The van der Waals surface area contributed by atoms with Crippen molar-refractivity contribution in [2.45, 2.75) is 6.04 Å². The molecule has 1 fully saturated rings. The lowest BCUT2D eigenvalue weighted by molar-refractivity contribution is -0.117. The Hall–Kier alpha value is -1.53. The molecule has 96 valence electrons. The Kier molecular flexibility index (Phi) is 4.22. The molecule has 0 saturated carbocycles. The average Bonchev–Trinajstić information content (AvgIpc) is 2.92. The molecule has 6 heteroatoms. The molecule has 0 bridgehead atoms. The van der Waals surface area contributed by atoms with Gasteiger partial charge in [-0.2, -0.15) is 0 Å². The van der Waals surface area contributed by atoms with Gasteiger partial charge in [0.1, 0.15) is 0 Å². The van der Waals surface area contributed by atoms with E-state index in [0.717, 1.165) is 11.6 Å². The van der Waals surface area contributed by atoms with Gasteiger partial charge in [0, 0.05) is 17.3 Å². The molecule has 1 unspecified atom stereocenters. The topological polar surface area (TPSA) is 67.4 Å². The highest BCUT2D eigenvalue weighted by atomic mass is 32.2. The molecular weight excluding hydrogens is 252 g/mol. The molecule has 1 heterocycles. The van der Waals surface area contributed by atoms with Gasteiger partial charge in [0.2, 0.25) is 5.91 Å². The van der Waals surface area contributed by atoms with Crippen LogP contribution in [0.5, 0.6) is 0 Å². The second kappa shape index (κ2) is 5.88. The van der Waals surface area contributed by atoms with Crippen LogP contribution in [0.15, 0.2) is 24.3 Å². The molecule has 1 aromatic carbocycles. The van der Waals surface area contributed by atoms with E-state index in [0.29, 0.717) is 11.3 Å². The van der Waals surface area contributed by atoms with Gasteiger partial charge in [-0.25, -0.2) is 4.79 Å². The molecular formula is C12H14N2O3S. The summed E-state index contributed by atoms with van der Waals surface area (Å²) in [5.74, 6) is 1.06. The van der Waals surface area contributed by atoms with E-state index in [4.69, 9.17) is 0 Å². The molecule has 0 aromatic heterocycles. The van der Waals surface area contributed by atoms with Crippen LogP contribution in [-0.4, -0.2) is 36.7 Å². The van der Waals surface area contributed by atoms with Gasteiger partial charge in [-0.15, -0.1) is 11.8 Å². The van der Waals surface area contributed by atoms with E-state index < -0.39 is 5.97 Å². The van der Waals surface area contributed by atoms with Gasteiger partial charge in [-0.1, -0.05) is 6.07 Å². The van der Waals surface area contributed by atoms with Gasteiger partial charge >= 0.3 is 5.97 Å². The summed E-state index contributed by atoms with van der Waals surface area (Å²) in [5, 5.41) is 5.87. The molecule has 1 aliphatic heterocycles. The van der Waals surface area contributed by atoms with Crippen LogP contribution in [0.25, 0.3) is 0 Å². The van der Waals surface area contributed by atoms with Crippen molar-refractivity contribution < 1.29 is 14.3 Å². The lowest BCUT2D eigenvalue weighted by atomic mass is 10.2. The van der Waals surface area contributed by atoms with E-state index in [2.05, 4.69) is 15.4 Å². The molecule has 1 aromatic rings. The molecule has 1 saturated heterocycles. The van der Waals surface area contributed by atoms with Crippen molar-refractivity contribution >= 4 is 29.3 Å². The number of thioether (sulfide) groups is 1. The zero-order chi connectivity index (χ0) is 13.0. The molecule has 1 atom stereocenters. The van der Waals surface area contributed by atoms with E-state index in [-0.39, 0.29) is 11.9 Å². The number of carbonyl (C=O) groups excluding carboxylic acids is 2. The summed E-state index contributed by atoms with van der Waals surface area (Å²) in [7, 11) is 1.33. The third kappa shape index (κ3) is 3.02. The molecule has 0 radical (unpaired) electrons. The normalized spacial score (nSPS) is 18.4. The average molecular weight is 266 g/mol. The SMILES string of the molecule is COC(=O)c1cccc(NC(=O)C2CSCN2)c1. The number of rotatable bonds is 3. The number of anilines is 1. The minimum absolute atomic E-state index is 0.0815. The maximum Gasteiger partial charge on any atom is 0.337 e. The highest BCUT2D eigenvalue weighted by molar-refractivity contribution is 7.99. The van der Waals surface area contributed by atoms with E-state index in [1.54, 1.807) is 36.0 Å². The summed E-state index contributed by atoms with van der Waals surface area (Å²) in [6.45, 7) is 0. The molecule has 1 amide bonds. The second-order valence-corrected chi connectivity index (χ2v) is 4.86. The van der Waals surface area contributed by atoms with Crippen LogP contribution in [0.2, 0.25) is 0 Å². The van der Waals surface area contributed by atoms with Gasteiger partial charge in [-0.3, -0.25) is 10.1 Å². The minimum Gasteiger partial charge on any atom is -0.465 e. The Bertz CT molecular complexity index is 458. The number of nitrogens with one attached hydrogen (secondary N) is 2. The molecule has 2 rings (SSSR count). The van der Waals surface area contributed by atoms with Crippen molar-refractivity contribution in [3.8, 4) is 0 Å². The number of esters is 1. The summed E-state index contributed by atoms with van der Waals surface area (Å²) in [5.41, 5.74) is 1.02. The maximum absolute atomic E-state index is 11.9. The van der Waals surface area contributed by atoms with Crippen molar-refractivity contribution in [2.24, 2.45) is 0 Å². The second-order valence-electron chi connectivity index (χ2n) is 3.83. The summed E-state index contributed by atoms with van der Waals surface area (Å²) >= 11 is 1.69. The first-order chi connectivity index (χ1) is 8.70. The van der Waals surface area contributed by atoms with Crippen molar-refractivity contribution in [2.75, 3.05) is 24.1 Å². The fourth-order valence-corrected chi connectivity index (χ4v) is 2.58. The zero-order valence-corrected chi connectivity index (χ0v) is 10.8. The van der Waals surface area contributed by atoms with Crippen molar-refractivity contribution in [3.63, 3.8) is 0 Å². The van der Waals surface area contributed by atoms with Crippen LogP contribution in [0.4, 0.5) is 5.69 Å². The van der Waals surface area contributed by atoms with E-state index >= 15 is 0 Å². The van der Waals surface area contributed by atoms with Gasteiger partial charge < -0.3 is 10.1 Å². The molecule has 2 N–H and O–H groups in total. The van der Waals surface area contributed by atoms with Crippen LogP contribution in [0.1, 0.15) is 10.4 Å². The van der Waals surface area contributed by atoms with Gasteiger partial charge in [0.15, 0.2) is 0 Å². The highest BCUT2D eigenvalue weighted by Crippen LogP contribution is 2.14. The minimum atomic E-state index is -0.416. The Morgan fingerprint density at radius 1 is 1.50 bits per heavy atom. The van der Waals surface area contributed by atoms with E-state index in [1.165, 1.54) is 7.11 Å². The van der Waals surface area contributed by atoms with Crippen molar-refractivity contribution in [1.82, 2.24) is 5.32 Å². The lowest BCUT2D eigenvalue weighted by Crippen LogP contribution is -2.37. The third-order valence-electron chi connectivity index (χ3n) is 2.58. The van der Waals surface area contributed by atoms with Gasteiger partial charge in [-0.05, 0) is 18.2 Å².